The number of benzene rings is 1. The van der Waals surface area contributed by atoms with E-state index in [2.05, 4.69) is 15.2 Å². The molecule has 1 aromatic heterocycles. The van der Waals surface area contributed by atoms with Crippen molar-refractivity contribution in [1.82, 2.24) is 15.1 Å². The predicted octanol–water partition coefficient (Wildman–Crippen LogP) is 2.87. The lowest BCUT2D eigenvalue weighted by atomic mass is 10.2. The Hall–Kier alpha value is -2.08. The van der Waals surface area contributed by atoms with E-state index in [1.807, 2.05) is 13.8 Å². The van der Waals surface area contributed by atoms with E-state index in [1.54, 1.807) is 47.4 Å². The fraction of sp³-hybridized carbons (Fsp3) is 0.455. The maximum absolute atomic E-state index is 12.8. The second-order valence-corrected chi connectivity index (χ2v) is 9.43. The molecule has 1 saturated heterocycles. The molecule has 10 heteroatoms. The number of carbonyl (C=O) groups is 1. The van der Waals surface area contributed by atoms with Gasteiger partial charge in [0.2, 0.25) is 0 Å². The monoisotopic (exact) mass is 574 g/mol. The van der Waals surface area contributed by atoms with Crippen molar-refractivity contribution in [2.75, 3.05) is 38.5 Å². The van der Waals surface area contributed by atoms with Crippen molar-refractivity contribution in [3.8, 4) is 0 Å². The summed E-state index contributed by atoms with van der Waals surface area (Å²) in [6, 6.07) is 11.6. The molecule has 0 saturated carbocycles. The Balaban J connectivity index is 0.00000363. The van der Waals surface area contributed by atoms with Crippen molar-refractivity contribution in [3.63, 3.8) is 0 Å². The molecule has 1 atom stereocenters. The molecule has 0 spiro atoms. The first kappa shape index (κ1) is 26.2. The number of guanidine groups is 1. The molecule has 1 aliphatic heterocycles. The van der Waals surface area contributed by atoms with E-state index in [0.29, 0.717) is 55.8 Å². The third-order valence-electron chi connectivity index (χ3n) is 5.26. The average Bonchev–Trinajstić information content (AvgIpc) is 3.33. The molecule has 176 valence electrons. The molecular weight excluding hydrogens is 543 g/mol. The van der Waals surface area contributed by atoms with Gasteiger partial charge in [-0.05, 0) is 37.6 Å². The second kappa shape index (κ2) is 12.2. The minimum Gasteiger partial charge on any atom is -0.459 e. The summed E-state index contributed by atoms with van der Waals surface area (Å²) >= 11 is 0. The Kier molecular flexibility index (Phi) is 10.0. The van der Waals surface area contributed by atoms with Gasteiger partial charge in [-0.1, -0.05) is 25.1 Å². The summed E-state index contributed by atoms with van der Waals surface area (Å²) in [5.74, 6) is 0.897. The van der Waals surface area contributed by atoms with E-state index in [9.17, 15) is 13.2 Å². The number of furan rings is 1. The van der Waals surface area contributed by atoms with Crippen LogP contribution in [-0.2, 0) is 9.84 Å². The number of hydrogen-bond donors (Lipinski definition) is 1. The van der Waals surface area contributed by atoms with Crippen LogP contribution in [0, 0.1) is 0 Å². The van der Waals surface area contributed by atoms with Crippen molar-refractivity contribution >= 4 is 45.7 Å². The van der Waals surface area contributed by atoms with Crippen LogP contribution >= 0.6 is 24.0 Å². The fourth-order valence-electron chi connectivity index (χ4n) is 3.50. The molecule has 8 nitrogen and oxygen atoms in total. The van der Waals surface area contributed by atoms with Crippen LogP contribution in [0.5, 0.6) is 0 Å². The summed E-state index contributed by atoms with van der Waals surface area (Å²) in [6.07, 6.45) is 2.14. The number of halogens is 1. The largest absolute Gasteiger partial charge is 0.459 e. The highest BCUT2D eigenvalue weighted by Gasteiger charge is 2.27. The summed E-state index contributed by atoms with van der Waals surface area (Å²) in [6.45, 7) is 6.80. The highest BCUT2D eigenvalue weighted by atomic mass is 127. The van der Waals surface area contributed by atoms with Gasteiger partial charge in [-0.25, -0.2) is 8.42 Å². The molecular formula is C22H31IN4O4S. The minimum atomic E-state index is -3.41. The molecule has 32 heavy (non-hydrogen) atoms. The number of aliphatic imine (C=N–C) groups is 1. The topological polar surface area (TPSA) is 95.2 Å². The van der Waals surface area contributed by atoms with Crippen LogP contribution in [0.25, 0.3) is 0 Å². The molecule has 1 amide bonds. The zero-order valence-corrected chi connectivity index (χ0v) is 21.6. The van der Waals surface area contributed by atoms with E-state index < -0.39 is 9.84 Å². The third kappa shape index (κ3) is 6.71. The first-order chi connectivity index (χ1) is 14.9. The molecule has 1 aliphatic rings. The summed E-state index contributed by atoms with van der Waals surface area (Å²) in [4.78, 5) is 21.2. The highest BCUT2D eigenvalue weighted by Crippen LogP contribution is 2.14. The number of piperazine rings is 1. The van der Waals surface area contributed by atoms with E-state index in [1.165, 1.54) is 6.26 Å². The van der Waals surface area contributed by atoms with Gasteiger partial charge in [0.15, 0.2) is 21.6 Å². The minimum absolute atomic E-state index is 0. The molecule has 1 fully saturated rings. The number of nitrogens with zero attached hydrogens (tertiary/aromatic N) is 3. The highest BCUT2D eigenvalue weighted by molar-refractivity contribution is 14.0. The molecule has 0 radical (unpaired) electrons. The Bertz CT molecular complexity index is 973. The summed E-state index contributed by atoms with van der Waals surface area (Å²) in [5, 5.41) is 3.35. The molecule has 2 aromatic rings. The lowest BCUT2D eigenvalue weighted by Crippen LogP contribution is -2.56. The second-order valence-electron chi connectivity index (χ2n) is 7.40. The number of amides is 1. The predicted molar refractivity (Wildman–Crippen MR) is 135 cm³/mol. The first-order valence-electron chi connectivity index (χ1n) is 10.6. The Morgan fingerprint density at radius 2 is 1.72 bits per heavy atom. The van der Waals surface area contributed by atoms with Gasteiger partial charge < -0.3 is 19.5 Å². The van der Waals surface area contributed by atoms with Crippen molar-refractivity contribution in [2.45, 2.75) is 31.2 Å². The molecule has 3 rings (SSSR count). The van der Waals surface area contributed by atoms with Crippen LogP contribution in [0.2, 0.25) is 0 Å². The fourth-order valence-corrected chi connectivity index (χ4v) is 5.11. The van der Waals surface area contributed by atoms with Gasteiger partial charge in [-0.2, -0.15) is 0 Å². The van der Waals surface area contributed by atoms with Gasteiger partial charge in [0.1, 0.15) is 0 Å². The van der Waals surface area contributed by atoms with Gasteiger partial charge in [-0.15, -0.1) is 24.0 Å². The van der Waals surface area contributed by atoms with E-state index in [-0.39, 0.29) is 41.7 Å². The van der Waals surface area contributed by atoms with Gasteiger partial charge in [0, 0.05) is 38.8 Å². The van der Waals surface area contributed by atoms with Crippen molar-refractivity contribution in [2.24, 2.45) is 4.99 Å². The number of sulfone groups is 1. The first-order valence-corrected chi connectivity index (χ1v) is 12.3. The smallest absolute Gasteiger partial charge is 0.289 e. The van der Waals surface area contributed by atoms with Crippen molar-refractivity contribution in [3.05, 3.63) is 54.5 Å². The number of rotatable bonds is 7. The van der Waals surface area contributed by atoms with Crippen LogP contribution in [-0.4, -0.2) is 74.6 Å². The van der Waals surface area contributed by atoms with Crippen LogP contribution in [0.1, 0.15) is 30.8 Å². The summed E-state index contributed by atoms with van der Waals surface area (Å²) in [7, 11) is -3.41. The maximum Gasteiger partial charge on any atom is 0.289 e. The maximum atomic E-state index is 12.8. The zero-order chi connectivity index (χ0) is 22.3. The Labute approximate surface area is 207 Å². The Morgan fingerprint density at radius 1 is 1.06 bits per heavy atom. The van der Waals surface area contributed by atoms with Crippen molar-refractivity contribution in [1.29, 1.82) is 0 Å². The van der Waals surface area contributed by atoms with Crippen molar-refractivity contribution < 1.29 is 17.6 Å². The van der Waals surface area contributed by atoms with Crippen LogP contribution in [0.4, 0.5) is 0 Å². The van der Waals surface area contributed by atoms with Gasteiger partial charge in [-0.3, -0.25) is 9.79 Å². The summed E-state index contributed by atoms with van der Waals surface area (Å²) in [5.41, 5.74) is 0. The zero-order valence-electron chi connectivity index (χ0n) is 18.4. The summed E-state index contributed by atoms with van der Waals surface area (Å²) < 4.78 is 30.8. The van der Waals surface area contributed by atoms with Gasteiger partial charge in [0.25, 0.3) is 5.91 Å². The van der Waals surface area contributed by atoms with E-state index in [4.69, 9.17) is 4.42 Å². The van der Waals surface area contributed by atoms with E-state index >= 15 is 0 Å². The van der Waals surface area contributed by atoms with Gasteiger partial charge >= 0.3 is 0 Å². The molecule has 1 N–H and O–H groups in total. The van der Waals surface area contributed by atoms with Gasteiger partial charge in [0.05, 0.1) is 16.9 Å². The molecule has 0 aliphatic carbocycles. The van der Waals surface area contributed by atoms with Crippen LogP contribution < -0.4 is 5.32 Å². The third-order valence-corrected chi connectivity index (χ3v) is 7.09. The average molecular weight is 574 g/mol. The molecule has 1 unspecified atom stereocenters. The van der Waals surface area contributed by atoms with Crippen LogP contribution in [0.3, 0.4) is 0 Å². The SMILES string of the molecule is CCN=C(NC(CC)CS(=O)(=O)c1ccccc1)N1CCN(C(=O)c2ccco2)CC1.I. The lowest BCUT2D eigenvalue weighted by molar-refractivity contribution is 0.0657. The quantitative estimate of drug-likeness (QED) is 0.311. The molecule has 1 aromatic carbocycles. The number of nitrogens with one attached hydrogen (secondary N) is 1. The molecule has 2 heterocycles. The molecule has 0 bridgehead atoms. The van der Waals surface area contributed by atoms with Crippen LogP contribution in [0.15, 0.2) is 63.0 Å². The normalized spacial score (nSPS) is 15.8. The Morgan fingerprint density at radius 3 is 2.28 bits per heavy atom. The standard InChI is InChI=1S/C22H30N4O4S.HI/c1-3-18(17-31(28,29)19-9-6-5-7-10-19)24-22(23-4-2)26-14-12-25(13-15-26)21(27)20-11-8-16-30-20;/h5-11,16,18H,3-4,12-15,17H2,1-2H3,(H,23,24);1H. The lowest BCUT2D eigenvalue weighted by Gasteiger charge is -2.37. The number of hydrogen-bond acceptors (Lipinski definition) is 5. The van der Waals surface area contributed by atoms with E-state index in [0.717, 1.165) is 0 Å². The number of carbonyl (C=O) groups excluding carboxylic acids is 1.